The van der Waals surface area contributed by atoms with Crippen LogP contribution in [0.2, 0.25) is 0 Å². The number of carboxylic acids is 1. The number of likely N-dealkylation sites (tertiary alicyclic amines) is 1. The molecule has 2 amide bonds. The Hall–Kier alpha value is -3.39. The first-order valence-electron chi connectivity index (χ1n) is 11.7. The van der Waals surface area contributed by atoms with E-state index in [2.05, 4.69) is 17.4 Å². The number of benzene rings is 2. The average molecular weight is 466 g/mol. The minimum atomic E-state index is -1.02. The summed E-state index contributed by atoms with van der Waals surface area (Å²) in [4.78, 5) is 40.9. The molecule has 180 valence electrons. The maximum Gasteiger partial charge on any atom is 0.407 e. The molecule has 34 heavy (non-hydrogen) atoms. The molecular formula is C26H31N3O5. The van der Waals surface area contributed by atoms with E-state index in [4.69, 9.17) is 4.74 Å². The van der Waals surface area contributed by atoms with Crippen LogP contribution in [0.5, 0.6) is 0 Å². The number of hydrogen-bond donors (Lipinski definition) is 2. The van der Waals surface area contributed by atoms with Gasteiger partial charge in [0.15, 0.2) is 0 Å². The van der Waals surface area contributed by atoms with Crippen molar-refractivity contribution in [2.75, 3.05) is 33.8 Å². The standard InChI is InChI=1S/C26H31N3O5/c1-28(2)15-22(24(30)29-14-8-7-13-23(29)25(31)32)27-26(33)34-16-21-19-11-5-3-9-17(19)18-10-4-6-12-20(18)21/h3-6,9-12,21-23H,7-8,13-16H2,1-2H3,(H,27,33)(H,31,32)/t22-,23+/m0/s1. The molecule has 1 aliphatic heterocycles. The smallest absolute Gasteiger partial charge is 0.407 e. The van der Waals surface area contributed by atoms with Crippen molar-refractivity contribution in [3.05, 3.63) is 59.7 Å². The third-order valence-corrected chi connectivity index (χ3v) is 6.55. The Balaban J connectivity index is 1.45. The number of carbonyl (C=O) groups is 3. The summed E-state index contributed by atoms with van der Waals surface area (Å²) >= 11 is 0. The van der Waals surface area contributed by atoms with Gasteiger partial charge in [-0.05, 0) is 55.6 Å². The molecule has 1 heterocycles. The van der Waals surface area contributed by atoms with E-state index >= 15 is 0 Å². The molecule has 8 heteroatoms. The first-order chi connectivity index (χ1) is 16.4. The third-order valence-electron chi connectivity index (χ3n) is 6.55. The highest BCUT2D eigenvalue weighted by Crippen LogP contribution is 2.44. The van der Waals surface area contributed by atoms with E-state index in [-0.39, 0.29) is 19.1 Å². The molecule has 0 aromatic heterocycles. The quantitative estimate of drug-likeness (QED) is 0.652. The summed E-state index contributed by atoms with van der Waals surface area (Å²) in [5, 5.41) is 12.2. The lowest BCUT2D eigenvalue weighted by Gasteiger charge is -2.36. The van der Waals surface area contributed by atoms with Gasteiger partial charge in [-0.15, -0.1) is 0 Å². The summed E-state index contributed by atoms with van der Waals surface area (Å²) in [7, 11) is 3.59. The first kappa shape index (κ1) is 23.8. The van der Waals surface area contributed by atoms with Crippen LogP contribution in [-0.4, -0.2) is 78.8 Å². The maximum atomic E-state index is 13.2. The summed E-state index contributed by atoms with van der Waals surface area (Å²) in [5.41, 5.74) is 4.49. The average Bonchev–Trinajstić information content (AvgIpc) is 3.15. The van der Waals surface area contributed by atoms with Crippen molar-refractivity contribution in [3.63, 3.8) is 0 Å². The highest BCUT2D eigenvalue weighted by atomic mass is 16.5. The predicted molar refractivity (Wildman–Crippen MR) is 128 cm³/mol. The molecule has 2 aliphatic rings. The number of fused-ring (bicyclic) bond motifs is 3. The van der Waals surface area contributed by atoms with Crippen LogP contribution in [-0.2, 0) is 14.3 Å². The first-order valence-corrected chi connectivity index (χ1v) is 11.7. The Morgan fingerprint density at radius 3 is 2.26 bits per heavy atom. The van der Waals surface area contributed by atoms with Gasteiger partial charge in [0.05, 0.1) is 0 Å². The van der Waals surface area contributed by atoms with Crippen LogP contribution >= 0.6 is 0 Å². The van der Waals surface area contributed by atoms with Crippen molar-refractivity contribution >= 4 is 18.0 Å². The highest BCUT2D eigenvalue weighted by molar-refractivity contribution is 5.89. The molecule has 0 unspecified atom stereocenters. The predicted octanol–water partition coefficient (Wildman–Crippen LogP) is 2.92. The summed E-state index contributed by atoms with van der Waals surface area (Å²) in [6.45, 7) is 0.752. The van der Waals surface area contributed by atoms with E-state index < -0.39 is 30.1 Å². The number of rotatable bonds is 7. The fourth-order valence-corrected chi connectivity index (χ4v) is 4.99. The van der Waals surface area contributed by atoms with Crippen molar-refractivity contribution < 1.29 is 24.2 Å². The number of alkyl carbamates (subject to hydrolysis) is 1. The highest BCUT2D eigenvalue weighted by Gasteiger charge is 2.37. The molecule has 2 aromatic carbocycles. The second-order valence-corrected chi connectivity index (χ2v) is 9.17. The van der Waals surface area contributed by atoms with Crippen LogP contribution in [0.1, 0.15) is 36.3 Å². The largest absolute Gasteiger partial charge is 0.480 e. The molecule has 2 aromatic rings. The van der Waals surface area contributed by atoms with Gasteiger partial charge < -0.3 is 25.0 Å². The van der Waals surface area contributed by atoms with Crippen LogP contribution in [0.25, 0.3) is 11.1 Å². The number of aliphatic carboxylic acids is 1. The van der Waals surface area contributed by atoms with Gasteiger partial charge in [0.2, 0.25) is 5.91 Å². The monoisotopic (exact) mass is 465 g/mol. The number of carbonyl (C=O) groups excluding carboxylic acids is 2. The minimum absolute atomic E-state index is 0.0837. The van der Waals surface area contributed by atoms with E-state index in [0.29, 0.717) is 13.0 Å². The Morgan fingerprint density at radius 1 is 1.06 bits per heavy atom. The zero-order valence-electron chi connectivity index (χ0n) is 19.6. The lowest BCUT2D eigenvalue weighted by Crippen LogP contribution is -2.58. The fraction of sp³-hybridized carbons (Fsp3) is 0.423. The van der Waals surface area contributed by atoms with Crippen molar-refractivity contribution in [3.8, 4) is 11.1 Å². The molecule has 1 aliphatic carbocycles. The lowest BCUT2D eigenvalue weighted by molar-refractivity contribution is -0.153. The number of ether oxygens (including phenoxy) is 1. The number of nitrogens with zero attached hydrogens (tertiary/aromatic N) is 2. The summed E-state index contributed by atoms with van der Waals surface area (Å²) in [5.74, 6) is -1.49. The number of hydrogen-bond acceptors (Lipinski definition) is 5. The maximum absolute atomic E-state index is 13.2. The van der Waals surface area contributed by atoms with Gasteiger partial charge in [-0.1, -0.05) is 48.5 Å². The molecule has 0 bridgehead atoms. The Morgan fingerprint density at radius 2 is 1.68 bits per heavy atom. The van der Waals surface area contributed by atoms with Crippen LogP contribution in [0.3, 0.4) is 0 Å². The van der Waals surface area contributed by atoms with Crippen molar-refractivity contribution in [2.24, 2.45) is 0 Å². The van der Waals surface area contributed by atoms with Crippen LogP contribution in [0.15, 0.2) is 48.5 Å². The van der Waals surface area contributed by atoms with Crippen LogP contribution < -0.4 is 5.32 Å². The molecule has 0 saturated carbocycles. The van der Waals surface area contributed by atoms with Gasteiger partial charge in [-0.2, -0.15) is 0 Å². The number of piperidine rings is 1. The van der Waals surface area contributed by atoms with E-state index in [0.717, 1.165) is 35.1 Å². The zero-order chi connectivity index (χ0) is 24.2. The summed E-state index contributed by atoms with van der Waals surface area (Å²) in [6, 6.07) is 14.4. The number of likely N-dealkylation sites (N-methyl/N-ethyl adjacent to an activating group) is 1. The normalized spacial score (nSPS) is 18.2. The van der Waals surface area contributed by atoms with Gasteiger partial charge in [0, 0.05) is 19.0 Å². The lowest BCUT2D eigenvalue weighted by atomic mass is 9.98. The number of nitrogens with one attached hydrogen (secondary N) is 1. The van der Waals surface area contributed by atoms with E-state index in [1.165, 1.54) is 4.90 Å². The van der Waals surface area contributed by atoms with Gasteiger partial charge >= 0.3 is 12.1 Å². The Bertz CT molecular complexity index is 1020. The molecule has 0 radical (unpaired) electrons. The van der Waals surface area contributed by atoms with Crippen molar-refractivity contribution in [1.82, 2.24) is 15.1 Å². The van der Waals surface area contributed by atoms with Gasteiger partial charge in [0.25, 0.3) is 0 Å². The molecular weight excluding hydrogens is 434 g/mol. The molecule has 4 rings (SSSR count). The van der Waals surface area contributed by atoms with Gasteiger partial charge in [0.1, 0.15) is 18.7 Å². The van der Waals surface area contributed by atoms with E-state index in [1.54, 1.807) is 19.0 Å². The summed E-state index contributed by atoms with van der Waals surface area (Å²) in [6.07, 6.45) is 1.24. The number of carboxylic acid groups (broad SMARTS) is 1. The molecule has 2 atom stereocenters. The van der Waals surface area contributed by atoms with Gasteiger partial charge in [-0.25, -0.2) is 9.59 Å². The zero-order valence-corrected chi connectivity index (χ0v) is 19.6. The van der Waals surface area contributed by atoms with Crippen molar-refractivity contribution in [1.29, 1.82) is 0 Å². The molecule has 1 saturated heterocycles. The topological polar surface area (TPSA) is 99.2 Å². The fourth-order valence-electron chi connectivity index (χ4n) is 4.99. The minimum Gasteiger partial charge on any atom is -0.480 e. The Kier molecular flexibility index (Phi) is 7.17. The number of amides is 2. The van der Waals surface area contributed by atoms with E-state index in [9.17, 15) is 19.5 Å². The van der Waals surface area contributed by atoms with Gasteiger partial charge in [-0.3, -0.25) is 4.79 Å². The SMILES string of the molecule is CN(C)C[C@H](NC(=O)OCC1c2ccccc2-c2ccccc21)C(=O)N1CCCC[C@@H]1C(=O)O. The second-order valence-electron chi connectivity index (χ2n) is 9.17. The molecule has 2 N–H and O–H groups in total. The molecule has 8 nitrogen and oxygen atoms in total. The van der Waals surface area contributed by atoms with Crippen molar-refractivity contribution in [2.45, 2.75) is 37.3 Å². The van der Waals surface area contributed by atoms with E-state index in [1.807, 2.05) is 36.4 Å². The third kappa shape index (κ3) is 4.92. The second kappa shape index (κ2) is 10.3. The summed E-state index contributed by atoms with van der Waals surface area (Å²) < 4.78 is 5.61. The molecule has 0 spiro atoms. The van der Waals surface area contributed by atoms with Crippen LogP contribution in [0, 0.1) is 0 Å². The Labute approximate surface area is 199 Å². The van der Waals surface area contributed by atoms with Crippen LogP contribution in [0.4, 0.5) is 4.79 Å². The molecule has 1 fully saturated rings.